The molecule has 0 aromatic heterocycles. The summed E-state index contributed by atoms with van der Waals surface area (Å²) in [5.74, 6) is -0.607. The third-order valence-corrected chi connectivity index (χ3v) is 2.82. The van der Waals surface area contributed by atoms with Gasteiger partial charge in [0.15, 0.2) is 0 Å². The monoisotopic (exact) mass is 228 g/mol. The highest BCUT2D eigenvalue weighted by Gasteiger charge is 2.25. The van der Waals surface area contributed by atoms with Gasteiger partial charge in [0, 0.05) is 13.0 Å². The molecule has 0 unspecified atom stereocenters. The van der Waals surface area contributed by atoms with E-state index >= 15 is 0 Å². The Hall–Kier alpha value is -0.900. The van der Waals surface area contributed by atoms with Crippen molar-refractivity contribution in [2.45, 2.75) is 45.1 Å². The summed E-state index contributed by atoms with van der Waals surface area (Å²) in [5.41, 5.74) is 0. The predicted molar refractivity (Wildman–Crippen MR) is 59.0 cm³/mol. The lowest BCUT2D eigenvalue weighted by atomic mass is 9.95. The Morgan fingerprint density at radius 1 is 1.56 bits per heavy atom. The molecule has 1 saturated heterocycles. The SMILES string of the molecule is CCOC(=O)[C@@H](CC=O)C[C@@H]1CCCCO1. The number of carbonyl (C=O) groups is 2. The average molecular weight is 228 g/mol. The summed E-state index contributed by atoms with van der Waals surface area (Å²) < 4.78 is 10.5. The van der Waals surface area contributed by atoms with E-state index in [4.69, 9.17) is 9.47 Å². The molecule has 4 nitrogen and oxygen atoms in total. The molecule has 2 atom stereocenters. The van der Waals surface area contributed by atoms with Gasteiger partial charge >= 0.3 is 5.97 Å². The third kappa shape index (κ3) is 4.31. The van der Waals surface area contributed by atoms with Gasteiger partial charge in [0.2, 0.25) is 0 Å². The number of hydrogen-bond acceptors (Lipinski definition) is 4. The second-order valence-electron chi connectivity index (χ2n) is 4.08. The lowest BCUT2D eigenvalue weighted by molar-refractivity contribution is -0.150. The molecule has 0 radical (unpaired) electrons. The summed E-state index contributed by atoms with van der Waals surface area (Å²) in [6.45, 7) is 2.90. The van der Waals surface area contributed by atoms with Crippen molar-refractivity contribution in [2.24, 2.45) is 5.92 Å². The van der Waals surface area contributed by atoms with Gasteiger partial charge < -0.3 is 14.3 Å². The minimum absolute atomic E-state index is 0.114. The van der Waals surface area contributed by atoms with Crippen molar-refractivity contribution < 1.29 is 19.1 Å². The Morgan fingerprint density at radius 2 is 2.38 bits per heavy atom. The molecular formula is C12H20O4. The fraction of sp³-hybridized carbons (Fsp3) is 0.833. The molecule has 92 valence electrons. The van der Waals surface area contributed by atoms with E-state index < -0.39 is 0 Å². The smallest absolute Gasteiger partial charge is 0.309 e. The number of aldehydes is 1. The van der Waals surface area contributed by atoms with Crippen LogP contribution in [-0.2, 0) is 19.1 Å². The summed E-state index contributed by atoms with van der Waals surface area (Å²) in [6, 6.07) is 0. The van der Waals surface area contributed by atoms with E-state index in [2.05, 4.69) is 0 Å². The van der Waals surface area contributed by atoms with Crippen molar-refractivity contribution in [1.29, 1.82) is 0 Å². The number of rotatable bonds is 6. The van der Waals surface area contributed by atoms with Crippen LogP contribution in [0.4, 0.5) is 0 Å². The topological polar surface area (TPSA) is 52.6 Å². The quantitative estimate of drug-likeness (QED) is 0.513. The fourth-order valence-electron chi connectivity index (χ4n) is 1.98. The van der Waals surface area contributed by atoms with Gasteiger partial charge in [0.05, 0.1) is 18.6 Å². The van der Waals surface area contributed by atoms with Crippen LogP contribution in [0.1, 0.15) is 39.0 Å². The lowest BCUT2D eigenvalue weighted by Crippen LogP contribution is -2.27. The van der Waals surface area contributed by atoms with Gasteiger partial charge in [-0.15, -0.1) is 0 Å². The van der Waals surface area contributed by atoms with Crippen LogP contribution in [0.25, 0.3) is 0 Å². The van der Waals surface area contributed by atoms with Crippen molar-refractivity contribution >= 4 is 12.3 Å². The molecule has 0 aliphatic carbocycles. The number of carbonyl (C=O) groups excluding carboxylic acids is 2. The molecule has 1 heterocycles. The highest BCUT2D eigenvalue weighted by atomic mass is 16.5. The Kier molecular flexibility index (Phi) is 6.08. The maximum absolute atomic E-state index is 11.6. The summed E-state index contributed by atoms with van der Waals surface area (Å²) >= 11 is 0. The van der Waals surface area contributed by atoms with Crippen LogP contribution in [0.5, 0.6) is 0 Å². The molecule has 0 aromatic rings. The number of ether oxygens (including phenoxy) is 2. The highest BCUT2D eigenvalue weighted by Crippen LogP contribution is 2.22. The standard InChI is InChI=1S/C12H20O4/c1-2-15-12(14)10(6-7-13)9-11-5-3-4-8-16-11/h7,10-11H,2-6,8-9H2,1H3/t10-,11-/m0/s1. The van der Waals surface area contributed by atoms with Gasteiger partial charge in [0.1, 0.15) is 6.29 Å². The molecule has 1 aliphatic heterocycles. The molecule has 16 heavy (non-hydrogen) atoms. The molecule has 0 saturated carbocycles. The Balaban J connectivity index is 2.42. The second-order valence-corrected chi connectivity index (χ2v) is 4.08. The molecule has 1 fully saturated rings. The van der Waals surface area contributed by atoms with Gasteiger partial charge in [-0.25, -0.2) is 0 Å². The average Bonchev–Trinajstić information content (AvgIpc) is 2.30. The molecule has 1 aliphatic rings. The second kappa shape index (κ2) is 7.39. The molecule has 0 bridgehead atoms. The maximum atomic E-state index is 11.6. The fourth-order valence-corrected chi connectivity index (χ4v) is 1.98. The lowest BCUT2D eigenvalue weighted by Gasteiger charge is -2.25. The first-order valence-corrected chi connectivity index (χ1v) is 5.99. The van der Waals surface area contributed by atoms with Crippen molar-refractivity contribution in [3.8, 4) is 0 Å². The van der Waals surface area contributed by atoms with Crippen molar-refractivity contribution in [3.05, 3.63) is 0 Å². The number of hydrogen-bond donors (Lipinski definition) is 0. The van der Waals surface area contributed by atoms with E-state index in [1.54, 1.807) is 6.92 Å². The van der Waals surface area contributed by atoms with Crippen LogP contribution in [0.2, 0.25) is 0 Å². The van der Waals surface area contributed by atoms with Crippen LogP contribution in [0, 0.1) is 5.92 Å². The zero-order valence-electron chi connectivity index (χ0n) is 9.81. The summed E-state index contributed by atoms with van der Waals surface area (Å²) in [4.78, 5) is 22.1. The van der Waals surface area contributed by atoms with E-state index in [9.17, 15) is 9.59 Å². The minimum Gasteiger partial charge on any atom is -0.466 e. The number of esters is 1. The van der Waals surface area contributed by atoms with Crippen LogP contribution >= 0.6 is 0 Å². The maximum Gasteiger partial charge on any atom is 0.309 e. The van der Waals surface area contributed by atoms with E-state index in [0.717, 1.165) is 32.2 Å². The largest absolute Gasteiger partial charge is 0.466 e. The predicted octanol–water partition coefficient (Wildman–Crippen LogP) is 1.71. The third-order valence-electron chi connectivity index (χ3n) is 2.82. The van der Waals surface area contributed by atoms with E-state index in [1.807, 2.05) is 0 Å². The highest BCUT2D eigenvalue weighted by molar-refractivity contribution is 5.75. The Bertz CT molecular complexity index is 221. The van der Waals surface area contributed by atoms with Crippen molar-refractivity contribution in [1.82, 2.24) is 0 Å². The van der Waals surface area contributed by atoms with Crippen molar-refractivity contribution in [3.63, 3.8) is 0 Å². The first-order chi connectivity index (χ1) is 7.77. The van der Waals surface area contributed by atoms with Gasteiger partial charge in [-0.3, -0.25) is 4.79 Å². The summed E-state index contributed by atoms with van der Waals surface area (Å²) in [6.07, 6.45) is 4.95. The van der Waals surface area contributed by atoms with Crippen LogP contribution in [0.15, 0.2) is 0 Å². The molecule has 0 spiro atoms. The van der Waals surface area contributed by atoms with Gasteiger partial charge in [-0.1, -0.05) is 0 Å². The summed E-state index contributed by atoms with van der Waals surface area (Å²) in [7, 11) is 0. The minimum atomic E-state index is -0.333. The molecule has 1 rings (SSSR count). The van der Waals surface area contributed by atoms with E-state index in [-0.39, 0.29) is 24.4 Å². The molecule has 0 aromatic carbocycles. The van der Waals surface area contributed by atoms with E-state index in [0.29, 0.717) is 13.0 Å². The Morgan fingerprint density at radius 3 is 2.94 bits per heavy atom. The normalized spacial score (nSPS) is 22.4. The van der Waals surface area contributed by atoms with Crippen LogP contribution < -0.4 is 0 Å². The molecule has 0 N–H and O–H groups in total. The van der Waals surface area contributed by atoms with E-state index in [1.165, 1.54) is 0 Å². The molecule has 0 amide bonds. The summed E-state index contributed by atoms with van der Waals surface area (Å²) in [5, 5.41) is 0. The molecule has 4 heteroatoms. The van der Waals surface area contributed by atoms with Gasteiger partial charge in [0.25, 0.3) is 0 Å². The molecular weight excluding hydrogens is 208 g/mol. The Labute approximate surface area is 96.3 Å². The zero-order chi connectivity index (χ0) is 11.8. The van der Waals surface area contributed by atoms with Crippen molar-refractivity contribution in [2.75, 3.05) is 13.2 Å². The van der Waals surface area contributed by atoms with Gasteiger partial charge in [-0.2, -0.15) is 0 Å². The first-order valence-electron chi connectivity index (χ1n) is 5.99. The zero-order valence-corrected chi connectivity index (χ0v) is 9.81. The van der Waals surface area contributed by atoms with Crippen LogP contribution in [-0.4, -0.2) is 31.6 Å². The van der Waals surface area contributed by atoms with Gasteiger partial charge in [-0.05, 0) is 32.6 Å². The van der Waals surface area contributed by atoms with Crippen LogP contribution in [0.3, 0.4) is 0 Å². The first kappa shape index (κ1) is 13.2.